The summed E-state index contributed by atoms with van der Waals surface area (Å²) in [5.41, 5.74) is 0. The third kappa shape index (κ3) is 3.22. The van der Waals surface area contributed by atoms with Crippen molar-refractivity contribution in [3.05, 3.63) is 30.3 Å². The normalized spacial score (nSPS) is 24.3. The molecular weight excluding hydrogens is 230 g/mol. The second kappa shape index (κ2) is 6.73. The van der Waals surface area contributed by atoms with Gasteiger partial charge in [0.05, 0.1) is 13.2 Å². The molecule has 0 aromatic heterocycles. The topological polar surface area (TPSA) is 52.9 Å². The number of hydrogen-bond donors (Lipinski definition) is 2. The lowest BCUT2D eigenvalue weighted by Gasteiger charge is -2.27. The Balaban J connectivity index is 1.81. The molecule has 100 valence electrons. The molecule has 1 aliphatic heterocycles. The quantitative estimate of drug-likeness (QED) is 0.788. The van der Waals surface area contributed by atoms with Crippen LogP contribution in [0.3, 0.4) is 0 Å². The van der Waals surface area contributed by atoms with E-state index in [9.17, 15) is 10.2 Å². The van der Waals surface area contributed by atoms with E-state index >= 15 is 0 Å². The van der Waals surface area contributed by atoms with Crippen molar-refractivity contribution >= 4 is 0 Å². The summed E-state index contributed by atoms with van der Waals surface area (Å²) in [4.78, 5) is 2.16. The lowest BCUT2D eigenvalue weighted by molar-refractivity contribution is 0.0829. The molecule has 1 fully saturated rings. The van der Waals surface area contributed by atoms with Gasteiger partial charge in [0, 0.05) is 18.6 Å². The Bertz CT molecular complexity index is 332. The number of nitrogens with zero attached hydrogens (tertiary/aromatic N) is 1. The first-order chi connectivity index (χ1) is 8.85. The van der Waals surface area contributed by atoms with Crippen LogP contribution in [0, 0.1) is 0 Å². The molecule has 0 saturated carbocycles. The monoisotopic (exact) mass is 251 g/mol. The molecule has 1 aliphatic rings. The van der Waals surface area contributed by atoms with Gasteiger partial charge in [-0.25, -0.2) is 0 Å². The highest BCUT2D eigenvalue weighted by Crippen LogP contribution is 2.23. The molecule has 1 saturated heterocycles. The van der Waals surface area contributed by atoms with E-state index in [0.29, 0.717) is 6.61 Å². The molecule has 0 spiro atoms. The Morgan fingerprint density at radius 1 is 1.06 bits per heavy atom. The average Bonchev–Trinajstić information content (AvgIpc) is 2.82. The zero-order chi connectivity index (χ0) is 12.8. The van der Waals surface area contributed by atoms with Gasteiger partial charge in [-0.15, -0.1) is 0 Å². The van der Waals surface area contributed by atoms with Gasteiger partial charge in [-0.2, -0.15) is 0 Å². The number of para-hydroxylation sites is 1. The van der Waals surface area contributed by atoms with Crippen molar-refractivity contribution in [2.45, 2.75) is 24.9 Å². The van der Waals surface area contributed by atoms with E-state index in [-0.39, 0.29) is 25.3 Å². The summed E-state index contributed by atoms with van der Waals surface area (Å²) in [7, 11) is 0. The minimum absolute atomic E-state index is 0.155. The van der Waals surface area contributed by atoms with Gasteiger partial charge in [0.1, 0.15) is 12.4 Å². The summed E-state index contributed by atoms with van der Waals surface area (Å²) in [6.07, 6.45) is 1.90. The highest BCUT2D eigenvalue weighted by Gasteiger charge is 2.31. The van der Waals surface area contributed by atoms with Crippen LogP contribution in [0.5, 0.6) is 5.75 Å². The van der Waals surface area contributed by atoms with Gasteiger partial charge in [0.15, 0.2) is 0 Å². The molecule has 4 nitrogen and oxygen atoms in total. The standard InChI is InChI=1S/C14H21NO3/c16-10-12-6-7-13(11-17)15(12)8-9-18-14-4-2-1-3-5-14/h1-5,12-13,16-17H,6-11H2/t12-,13-/m1/s1. The van der Waals surface area contributed by atoms with E-state index in [0.717, 1.165) is 25.1 Å². The molecule has 0 bridgehead atoms. The molecule has 2 rings (SSSR count). The molecule has 0 radical (unpaired) electrons. The largest absolute Gasteiger partial charge is 0.492 e. The molecule has 0 aliphatic carbocycles. The van der Waals surface area contributed by atoms with Crippen LogP contribution in [0.2, 0.25) is 0 Å². The lowest BCUT2D eigenvalue weighted by atomic mass is 10.2. The zero-order valence-electron chi connectivity index (χ0n) is 10.5. The fourth-order valence-corrected chi connectivity index (χ4v) is 2.56. The van der Waals surface area contributed by atoms with Crippen LogP contribution < -0.4 is 4.74 Å². The minimum atomic E-state index is 0.155. The number of rotatable bonds is 6. The van der Waals surface area contributed by atoms with E-state index in [1.807, 2.05) is 30.3 Å². The Labute approximate surface area is 108 Å². The van der Waals surface area contributed by atoms with Crippen LogP contribution in [-0.4, -0.2) is 53.6 Å². The summed E-state index contributed by atoms with van der Waals surface area (Å²) in [5, 5.41) is 18.6. The first kappa shape index (κ1) is 13.3. The number of benzene rings is 1. The van der Waals surface area contributed by atoms with Gasteiger partial charge < -0.3 is 14.9 Å². The molecule has 1 heterocycles. The van der Waals surface area contributed by atoms with Crippen molar-refractivity contribution in [2.24, 2.45) is 0 Å². The third-order valence-electron chi connectivity index (χ3n) is 3.55. The summed E-state index contributed by atoms with van der Waals surface area (Å²) >= 11 is 0. The second-order valence-electron chi connectivity index (χ2n) is 4.65. The molecular formula is C14H21NO3. The van der Waals surface area contributed by atoms with Crippen LogP contribution in [0.4, 0.5) is 0 Å². The maximum Gasteiger partial charge on any atom is 0.119 e. The van der Waals surface area contributed by atoms with Gasteiger partial charge in [-0.3, -0.25) is 4.90 Å². The summed E-state index contributed by atoms with van der Waals surface area (Å²) in [6, 6.07) is 10.0. The SMILES string of the molecule is OC[C@H]1CC[C@H](CO)N1CCOc1ccccc1. The Morgan fingerprint density at radius 2 is 1.67 bits per heavy atom. The fraction of sp³-hybridized carbons (Fsp3) is 0.571. The van der Waals surface area contributed by atoms with Crippen LogP contribution in [0.1, 0.15) is 12.8 Å². The lowest BCUT2D eigenvalue weighted by Crippen LogP contribution is -2.42. The predicted octanol–water partition coefficient (Wildman–Crippen LogP) is 0.883. The highest BCUT2D eigenvalue weighted by molar-refractivity contribution is 5.20. The zero-order valence-corrected chi connectivity index (χ0v) is 10.5. The van der Waals surface area contributed by atoms with E-state index in [4.69, 9.17) is 4.74 Å². The van der Waals surface area contributed by atoms with Crippen LogP contribution in [-0.2, 0) is 0 Å². The molecule has 0 amide bonds. The average molecular weight is 251 g/mol. The van der Waals surface area contributed by atoms with Crippen LogP contribution >= 0.6 is 0 Å². The fourth-order valence-electron chi connectivity index (χ4n) is 2.56. The van der Waals surface area contributed by atoms with E-state index in [2.05, 4.69) is 4.90 Å². The minimum Gasteiger partial charge on any atom is -0.492 e. The second-order valence-corrected chi connectivity index (χ2v) is 4.65. The summed E-state index contributed by atoms with van der Waals surface area (Å²) in [6.45, 7) is 1.63. The van der Waals surface area contributed by atoms with Crippen molar-refractivity contribution in [2.75, 3.05) is 26.4 Å². The summed E-state index contributed by atoms with van der Waals surface area (Å²) < 4.78 is 5.65. The molecule has 0 unspecified atom stereocenters. The van der Waals surface area contributed by atoms with Crippen molar-refractivity contribution < 1.29 is 14.9 Å². The number of aliphatic hydroxyl groups excluding tert-OH is 2. The number of hydrogen-bond acceptors (Lipinski definition) is 4. The third-order valence-corrected chi connectivity index (χ3v) is 3.55. The summed E-state index contributed by atoms with van der Waals surface area (Å²) in [5.74, 6) is 0.859. The number of likely N-dealkylation sites (tertiary alicyclic amines) is 1. The molecule has 1 aromatic carbocycles. The van der Waals surface area contributed by atoms with Crippen LogP contribution in [0.25, 0.3) is 0 Å². The van der Waals surface area contributed by atoms with Crippen molar-refractivity contribution in [1.29, 1.82) is 0 Å². The van der Waals surface area contributed by atoms with Crippen LogP contribution in [0.15, 0.2) is 30.3 Å². The number of ether oxygens (including phenoxy) is 1. The Hall–Kier alpha value is -1.10. The maximum absolute atomic E-state index is 9.30. The highest BCUT2D eigenvalue weighted by atomic mass is 16.5. The Kier molecular flexibility index (Phi) is 4.99. The predicted molar refractivity (Wildman–Crippen MR) is 69.6 cm³/mol. The smallest absolute Gasteiger partial charge is 0.119 e. The Morgan fingerprint density at radius 3 is 2.22 bits per heavy atom. The molecule has 1 aromatic rings. The van der Waals surface area contributed by atoms with Gasteiger partial charge in [-0.05, 0) is 25.0 Å². The first-order valence-corrected chi connectivity index (χ1v) is 6.50. The van der Waals surface area contributed by atoms with E-state index in [1.54, 1.807) is 0 Å². The van der Waals surface area contributed by atoms with Crippen molar-refractivity contribution in [1.82, 2.24) is 4.90 Å². The number of aliphatic hydroxyl groups is 2. The molecule has 4 heteroatoms. The van der Waals surface area contributed by atoms with E-state index in [1.165, 1.54) is 0 Å². The maximum atomic E-state index is 9.30. The van der Waals surface area contributed by atoms with Gasteiger partial charge in [0.2, 0.25) is 0 Å². The molecule has 2 atom stereocenters. The molecule has 18 heavy (non-hydrogen) atoms. The van der Waals surface area contributed by atoms with Crippen molar-refractivity contribution in [3.63, 3.8) is 0 Å². The van der Waals surface area contributed by atoms with E-state index < -0.39 is 0 Å². The first-order valence-electron chi connectivity index (χ1n) is 6.50. The van der Waals surface area contributed by atoms with Gasteiger partial charge in [0.25, 0.3) is 0 Å². The molecule has 2 N–H and O–H groups in total. The van der Waals surface area contributed by atoms with Crippen molar-refractivity contribution in [3.8, 4) is 5.75 Å². The van der Waals surface area contributed by atoms with Gasteiger partial charge in [-0.1, -0.05) is 18.2 Å². The van der Waals surface area contributed by atoms with Gasteiger partial charge >= 0.3 is 0 Å².